The number of carbonyl (C=O) groups is 2. The zero-order valence-corrected chi connectivity index (χ0v) is 14.7. The Kier molecular flexibility index (Phi) is 6.12. The Balaban J connectivity index is 0.000000235. The van der Waals surface area contributed by atoms with Gasteiger partial charge >= 0.3 is 5.97 Å². The van der Waals surface area contributed by atoms with E-state index in [4.69, 9.17) is 4.74 Å². The van der Waals surface area contributed by atoms with Gasteiger partial charge in [-0.2, -0.15) is 0 Å². The number of β-amino-alcohol motifs (C(OH)–C–C–N with tert-alkyl or cyclic N) is 1. The Morgan fingerprint density at radius 3 is 2.14 bits per heavy atom. The number of likely N-dealkylation sites (tertiary alicyclic amines) is 2. The summed E-state index contributed by atoms with van der Waals surface area (Å²) in [6.45, 7) is 10.6. The number of esters is 1. The highest BCUT2D eigenvalue weighted by Gasteiger charge is 2.47. The first-order valence-corrected chi connectivity index (χ1v) is 7.78. The Hall–Kier alpha value is -0.980. The second-order valence-corrected chi connectivity index (χ2v) is 7.35. The third-order valence-corrected chi connectivity index (χ3v) is 4.41. The standard InChI is InChI=1S/C9H15NO3.C7H15NO/c1-4-13-8(12)9(2)6-10(3)5-7(9)11;1-7(2)5-8(3)4-6(7)9/h4-6H2,1-3H3;6,9H,4-5H2,1-3H3. The number of aliphatic hydroxyl groups is 1. The summed E-state index contributed by atoms with van der Waals surface area (Å²) < 4.78 is 4.86. The van der Waals surface area contributed by atoms with E-state index in [0.29, 0.717) is 19.7 Å². The topological polar surface area (TPSA) is 70.1 Å². The van der Waals surface area contributed by atoms with E-state index in [0.717, 1.165) is 13.1 Å². The molecule has 128 valence electrons. The average Bonchev–Trinajstić information content (AvgIpc) is 2.76. The number of likely N-dealkylation sites (N-methyl/N-ethyl adjacent to an activating group) is 2. The van der Waals surface area contributed by atoms with Crippen molar-refractivity contribution in [3.63, 3.8) is 0 Å². The minimum absolute atomic E-state index is 0.0477. The summed E-state index contributed by atoms with van der Waals surface area (Å²) in [5, 5.41) is 9.39. The lowest BCUT2D eigenvalue weighted by Gasteiger charge is -2.20. The molecule has 0 aliphatic carbocycles. The van der Waals surface area contributed by atoms with Crippen LogP contribution in [0.2, 0.25) is 0 Å². The highest BCUT2D eigenvalue weighted by Crippen LogP contribution is 2.28. The molecule has 1 N–H and O–H groups in total. The molecule has 2 unspecified atom stereocenters. The van der Waals surface area contributed by atoms with Crippen molar-refractivity contribution in [2.24, 2.45) is 10.8 Å². The summed E-state index contributed by atoms with van der Waals surface area (Å²) in [5.41, 5.74) is -0.834. The van der Waals surface area contributed by atoms with Crippen LogP contribution < -0.4 is 0 Å². The predicted octanol–water partition coefficient (Wildman–Crippen LogP) is 0.389. The van der Waals surface area contributed by atoms with Gasteiger partial charge in [0.05, 0.1) is 19.3 Å². The first-order valence-electron chi connectivity index (χ1n) is 7.78. The third kappa shape index (κ3) is 4.27. The van der Waals surface area contributed by atoms with Gasteiger partial charge < -0.3 is 14.7 Å². The third-order valence-electron chi connectivity index (χ3n) is 4.41. The number of ketones is 1. The molecular formula is C16H30N2O4. The number of ether oxygens (including phenoxy) is 1. The van der Waals surface area contributed by atoms with Crippen LogP contribution in [-0.2, 0) is 14.3 Å². The van der Waals surface area contributed by atoms with Crippen molar-refractivity contribution in [1.82, 2.24) is 9.80 Å². The van der Waals surface area contributed by atoms with E-state index in [9.17, 15) is 14.7 Å². The van der Waals surface area contributed by atoms with Crippen LogP contribution in [0.5, 0.6) is 0 Å². The second-order valence-electron chi connectivity index (χ2n) is 7.35. The number of Topliss-reactive ketones (excluding diaryl/α,β-unsaturated/α-hetero) is 1. The van der Waals surface area contributed by atoms with Gasteiger partial charge in [-0.1, -0.05) is 13.8 Å². The normalized spacial score (nSPS) is 31.8. The molecule has 6 heteroatoms. The monoisotopic (exact) mass is 314 g/mol. The molecule has 2 atom stereocenters. The van der Waals surface area contributed by atoms with Gasteiger partial charge in [0.15, 0.2) is 5.78 Å². The van der Waals surface area contributed by atoms with Gasteiger partial charge in [-0.3, -0.25) is 14.5 Å². The Morgan fingerprint density at radius 2 is 1.86 bits per heavy atom. The lowest BCUT2D eigenvalue weighted by molar-refractivity contribution is -0.156. The molecule has 2 aliphatic heterocycles. The van der Waals surface area contributed by atoms with E-state index in [1.54, 1.807) is 13.8 Å². The smallest absolute Gasteiger partial charge is 0.320 e. The van der Waals surface area contributed by atoms with Gasteiger partial charge in [0.2, 0.25) is 0 Å². The largest absolute Gasteiger partial charge is 0.465 e. The molecule has 6 nitrogen and oxygen atoms in total. The van der Waals surface area contributed by atoms with Gasteiger partial charge in [-0.15, -0.1) is 0 Å². The van der Waals surface area contributed by atoms with E-state index in [1.807, 2.05) is 19.0 Å². The van der Waals surface area contributed by atoms with Gasteiger partial charge in [0, 0.05) is 25.0 Å². The fourth-order valence-electron chi connectivity index (χ4n) is 2.98. The molecule has 22 heavy (non-hydrogen) atoms. The Bertz CT molecular complexity index is 424. The van der Waals surface area contributed by atoms with Crippen molar-refractivity contribution in [3.8, 4) is 0 Å². The lowest BCUT2D eigenvalue weighted by Crippen LogP contribution is -2.37. The number of nitrogens with zero attached hydrogens (tertiary/aromatic N) is 2. The highest BCUT2D eigenvalue weighted by molar-refractivity contribution is 6.06. The zero-order chi connectivity index (χ0) is 17.1. The Labute approximate surface area is 133 Å². The molecule has 2 rings (SSSR count). The van der Waals surface area contributed by atoms with Crippen LogP contribution >= 0.6 is 0 Å². The minimum Gasteiger partial charge on any atom is -0.465 e. The van der Waals surface area contributed by atoms with E-state index in [2.05, 4.69) is 18.7 Å². The molecular weight excluding hydrogens is 284 g/mol. The van der Waals surface area contributed by atoms with Crippen LogP contribution in [0, 0.1) is 10.8 Å². The maximum Gasteiger partial charge on any atom is 0.320 e. The SMILES string of the molecule is CCOC(=O)C1(C)CN(C)CC1=O.CN1CC(O)C(C)(C)C1. The summed E-state index contributed by atoms with van der Waals surface area (Å²) >= 11 is 0. The predicted molar refractivity (Wildman–Crippen MR) is 84.5 cm³/mol. The fourth-order valence-corrected chi connectivity index (χ4v) is 2.98. The summed E-state index contributed by atoms with van der Waals surface area (Å²) in [7, 11) is 3.86. The van der Waals surface area contributed by atoms with Crippen LogP contribution in [0.1, 0.15) is 27.7 Å². The zero-order valence-electron chi connectivity index (χ0n) is 14.7. The van der Waals surface area contributed by atoms with Crippen molar-refractivity contribution >= 4 is 11.8 Å². The molecule has 0 aromatic carbocycles. The van der Waals surface area contributed by atoms with Crippen molar-refractivity contribution in [1.29, 1.82) is 0 Å². The van der Waals surface area contributed by atoms with Crippen LogP contribution in [-0.4, -0.2) is 79.6 Å². The van der Waals surface area contributed by atoms with Gasteiger partial charge in [-0.05, 0) is 27.9 Å². The minimum atomic E-state index is -0.940. The molecule has 2 saturated heterocycles. The van der Waals surface area contributed by atoms with Crippen molar-refractivity contribution in [2.45, 2.75) is 33.8 Å². The number of rotatable bonds is 2. The first-order chi connectivity index (χ1) is 10.0. The summed E-state index contributed by atoms with van der Waals surface area (Å²) in [6.07, 6.45) is -0.137. The van der Waals surface area contributed by atoms with Gasteiger partial charge in [-0.25, -0.2) is 0 Å². The molecule has 0 bridgehead atoms. The number of aliphatic hydroxyl groups excluding tert-OH is 1. The fraction of sp³-hybridized carbons (Fsp3) is 0.875. The molecule has 2 aliphatic rings. The van der Waals surface area contributed by atoms with Crippen LogP contribution in [0.4, 0.5) is 0 Å². The summed E-state index contributed by atoms with van der Waals surface area (Å²) in [4.78, 5) is 26.9. The van der Waals surface area contributed by atoms with Gasteiger partial charge in [0.1, 0.15) is 5.41 Å². The Morgan fingerprint density at radius 1 is 1.27 bits per heavy atom. The molecule has 2 fully saturated rings. The van der Waals surface area contributed by atoms with E-state index < -0.39 is 11.4 Å². The van der Waals surface area contributed by atoms with Crippen molar-refractivity contribution in [3.05, 3.63) is 0 Å². The summed E-state index contributed by atoms with van der Waals surface area (Å²) in [6, 6.07) is 0. The molecule has 2 heterocycles. The van der Waals surface area contributed by atoms with Crippen LogP contribution in [0.25, 0.3) is 0 Å². The molecule has 0 radical (unpaired) electrons. The molecule has 0 saturated carbocycles. The van der Waals surface area contributed by atoms with E-state index in [-0.39, 0.29) is 17.3 Å². The average molecular weight is 314 g/mol. The second kappa shape index (κ2) is 7.06. The quantitative estimate of drug-likeness (QED) is 0.587. The van der Waals surface area contributed by atoms with Crippen molar-refractivity contribution < 1.29 is 19.4 Å². The number of carbonyl (C=O) groups excluding carboxylic acids is 2. The lowest BCUT2D eigenvalue weighted by atomic mass is 9.89. The van der Waals surface area contributed by atoms with E-state index >= 15 is 0 Å². The maximum absolute atomic E-state index is 11.5. The van der Waals surface area contributed by atoms with E-state index in [1.165, 1.54) is 0 Å². The van der Waals surface area contributed by atoms with Crippen molar-refractivity contribution in [2.75, 3.05) is 46.9 Å². The van der Waals surface area contributed by atoms with Gasteiger partial charge in [0.25, 0.3) is 0 Å². The molecule has 0 amide bonds. The van der Waals surface area contributed by atoms with Crippen LogP contribution in [0.15, 0.2) is 0 Å². The summed E-state index contributed by atoms with van der Waals surface area (Å²) in [5.74, 6) is -0.446. The van der Waals surface area contributed by atoms with Crippen LogP contribution in [0.3, 0.4) is 0 Å². The number of hydrogen-bond acceptors (Lipinski definition) is 6. The first kappa shape index (κ1) is 19.1. The molecule has 0 spiro atoms. The highest BCUT2D eigenvalue weighted by atomic mass is 16.5. The molecule has 0 aromatic heterocycles. The maximum atomic E-state index is 11.5. The number of hydrogen-bond donors (Lipinski definition) is 1. The molecule has 0 aromatic rings.